The number of anilines is 2. The van der Waals surface area contributed by atoms with Crippen LogP contribution in [-0.2, 0) is 0 Å². The Morgan fingerprint density at radius 3 is 2.42 bits per heavy atom. The zero-order chi connectivity index (χ0) is 17.9. The maximum Gasteiger partial charge on any atom is 0.228 e. The average molecular weight is 348 g/mol. The smallest absolute Gasteiger partial charge is 0.228 e. The van der Waals surface area contributed by atoms with Crippen molar-refractivity contribution in [3.05, 3.63) is 60.2 Å². The van der Waals surface area contributed by atoms with E-state index in [1.165, 1.54) is 5.56 Å². The lowest BCUT2D eigenvalue weighted by Crippen LogP contribution is -3.12. The van der Waals surface area contributed by atoms with E-state index in [0.717, 1.165) is 48.8 Å². The van der Waals surface area contributed by atoms with Crippen molar-refractivity contribution >= 4 is 22.7 Å². The fourth-order valence-electron chi connectivity index (χ4n) is 3.43. The average Bonchev–Trinajstić information content (AvgIpc) is 2.69. The number of benzene rings is 2. The summed E-state index contributed by atoms with van der Waals surface area (Å²) in [6, 6.07) is 18.9. The Hall–Kier alpha value is -2.66. The van der Waals surface area contributed by atoms with Crippen LogP contribution in [0.4, 0.5) is 11.8 Å². The molecule has 4 rings (SSSR count). The second kappa shape index (κ2) is 7.30. The van der Waals surface area contributed by atoms with Crippen molar-refractivity contribution in [3.8, 4) is 0 Å². The number of rotatable bonds is 4. The number of hydrogen-bond acceptors (Lipinski definition) is 4. The fourth-order valence-corrected chi connectivity index (χ4v) is 3.43. The number of quaternary nitrogens is 1. The molecule has 2 aromatic carbocycles. The highest BCUT2D eigenvalue weighted by Crippen LogP contribution is 2.27. The van der Waals surface area contributed by atoms with Crippen LogP contribution in [0.3, 0.4) is 0 Å². The minimum Gasteiger partial charge on any atom is -0.363 e. The maximum absolute atomic E-state index is 4.91. The molecule has 0 radical (unpaired) electrons. The predicted molar refractivity (Wildman–Crippen MR) is 107 cm³/mol. The van der Waals surface area contributed by atoms with Gasteiger partial charge in [-0.2, -0.15) is 4.98 Å². The molecular weight excluding hydrogens is 322 g/mol. The van der Waals surface area contributed by atoms with Crippen molar-refractivity contribution < 1.29 is 4.90 Å². The lowest BCUT2D eigenvalue weighted by Gasteiger charge is -2.30. The highest BCUT2D eigenvalue weighted by molar-refractivity contribution is 5.90. The zero-order valence-corrected chi connectivity index (χ0v) is 15.4. The van der Waals surface area contributed by atoms with Gasteiger partial charge in [-0.3, -0.25) is 0 Å². The highest BCUT2D eigenvalue weighted by Gasteiger charge is 2.21. The number of likely N-dealkylation sites (N-methyl/N-ethyl adjacent to an activating group) is 1. The molecule has 0 bridgehead atoms. The van der Waals surface area contributed by atoms with Crippen LogP contribution >= 0.6 is 0 Å². The number of hydrogen-bond donors (Lipinski definition) is 2. The van der Waals surface area contributed by atoms with Crippen LogP contribution < -0.4 is 15.1 Å². The number of nitrogens with zero attached hydrogens (tertiary/aromatic N) is 3. The Morgan fingerprint density at radius 2 is 1.65 bits per heavy atom. The van der Waals surface area contributed by atoms with Gasteiger partial charge in [-0.1, -0.05) is 42.5 Å². The van der Waals surface area contributed by atoms with Crippen molar-refractivity contribution in [2.45, 2.75) is 13.0 Å². The summed E-state index contributed by atoms with van der Waals surface area (Å²) in [5, 5.41) is 4.67. The molecule has 0 amide bonds. The molecule has 2 heterocycles. The molecule has 1 atom stereocenters. The summed E-state index contributed by atoms with van der Waals surface area (Å²) in [5.74, 6) is 1.74. The standard InChI is InChI=1S/C21H25N5/c1-16(17-8-4-3-5-9-17)22-20-18-10-6-7-11-19(18)23-21(24-20)26-14-12-25(2)13-15-26/h3-11,16H,12-15H2,1-2H3,(H,22,23,24)/p+1/t16-/m1/s1. The summed E-state index contributed by atoms with van der Waals surface area (Å²) in [7, 11) is 2.24. The van der Waals surface area contributed by atoms with E-state index in [1.54, 1.807) is 4.90 Å². The molecule has 0 spiro atoms. The van der Waals surface area contributed by atoms with E-state index in [4.69, 9.17) is 9.97 Å². The van der Waals surface area contributed by atoms with E-state index >= 15 is 0 Å². The highest BCUT2D eigenvalue weighted by atomic mass is 15.3. The van der Waals surface area contributed by atoms with Gasteiger partial charge in [0.05, 0.1) is 38.7 Å². The molecule has 1 aliphatic rings. The first kappa shape index (κ1) is 16.8. The molecule has 1 aliphatic heterocycles. The van der Waals surface area contributed by atoms with Crippen LogP contribution in [0.2, 0.25) is 0 Å². The van der Waals surface area contributed by atoms with Gasteiger partial charge >= 0.3 is 0 Å². The van der Waals surface area contributed by atoms with Crippen LogP contribution in [0.5, 0.6) is 0 Å². The van der Waals surface area contributed by atoms with Gasteiger partial charge in [0.25, 0.3) is 0 Å². The quantitative estimate of drug-likeness (QED) is 0.758. The van der Waals surface area contributed by atoms with E-state index in [9.17, 15) is 0 Å². The van der Waals surface area contributed by atoms with E-state index in [-0.39, 0.29) is 6.04 Å². The molecule has 0 saturated carbocycles. The lowest BCUT2D eigenvalue weighted by atomic mass is 10.1. The molecule has 1 fully saturated rings. The second-order valence-corrected chi connectivity index (χ2v) is 7.11. The van der Waals surface area contributed by atoms with Crippen LogP contribution in [0.1, 0.15) is 18.5 Å². The van der Waals surface area contributed by atoms with Gasteiger partial charge in [0.15, 0.2) is 0 Å². The van der Waals surface area contributed by atoms with Crippen molar-refractivity contribution in [1.82, 2.24) is 9.97 Å². The molecular formula is C21H26N5+. The second-order valence-electron chi connectivity index (χ2n) is 7.11. The molecule has 3 aromatic rings. The Labute approximate surface area is 154 Å². The third-order valence-corrected chi connectivity index (χ3v) is 5.14. The summed E-state index contributed by atoms with van der Waals surface area (Å²) in [6.45, 7) is 6.42. The van der Waals surface area contributed by atoms with E-state index in [1.807, 2.05) is 18.2 Å². The summed E-state index contributed by atoms with van der Waals surface area (Å²) >= 11 is 0. The van der Waals surface area contributed by atoms with Gasteiger partial charge in [-0.05, 0) is 24.6 Å². The number of nitrogens with one attached hydrogen (secondary N) is 2. The van der Waals surface area contributed by atoms with Crippen molar-refractivity contribution in [1.29, 1.82) is 0 Å². The van der Waals surface area contributed by atoms with Crippen LogP contribution in [0.25, 0.3) is 10.9 Å². The molecule has 0 unspecified atom stereocenters. The third kappa shape index (κ3) is 3.48. The first-order valence-electron chi connectivity index (χ1n) is 9.35. The van der Waals surface area contributed by atoms with Gasteiger partial charge in [0.1, 0.15) is 5.82 Å². The van der Waals surface area contributed by atoms with Gasteiger partial charge in [-0.15, -0.1) is 0 Å². The molecule has 1 aromatic heterocycles. The first-order chi connectivity index (χ1) is 12.7. The summed E-state index contributed by atoms with van der Waals surface area (Å²) < 4.78 is 0. The number of fused-ring (bicyclic) bond motifs is 1. The van der Waals surface area contributed by atoms with E-state index in [2.05, 4.69) is 60.6 Å². The van der Waals surface area contributed by atoms with E-state index in [0.29, 0.717) is 0 Å². The number of aromatic nitrogens is 2. The van der Waals surface area contributed by atoms with Crippen LogP contribution in [0.15, 0.2) is 54.6 Å². The van der Waals surface area contributed by atoms with E-state index < -0.39 is 0 Å². The number of para-hydroxylation sites is 1. The summed E-state index contributed by atoms with van der Waals surface area (Å²) in [4.78, 5) is 13.6. The third-order valence-electron chi connectivity index (χ3n) is 5.14. The summed E-state index contributed by atoms with van der Waals surface area (Å²) in [5.41, 5.74) is 2.24. The predicted octanol–water partition coefficient (Wildman–Crippen LogP) is 2.14. The summed E-state index contributed by atoms with van der Waals surface area (Å²) in [6.07, 6.45) is 0. The maximum atomic E-state index is 4.91. The molecule has 1 saturated heterocycles. The molecule has 5 heteroatoms. The van der Waals surface area contributed by atoms with Crippen LogP contribution in [-0.4, -0.2) is 43.2 Å². The Balaban J connectivity index is 1.68. The lowest BCUT2D eigenvalue weighted by molar-refractivity contribution is -0.880. The largest absolute Gasteiger partial charge is 0.363 e. The topological polar surface area (TPSA) is 45.5 Å². The van der Waals surface area contributed by atoms with Gasteiger partial charge in [0, 0.05) is 11.4 Å². The normalized spacial score (nSPS) is 16.6. The molecule has 26 heavy (non-hydrogen) atoms. The zero-order valence-electron chi connectivity index (χ0n) is 15.4. The van der Waals surface area contributed by atoms with Crippen molar-refractivity contribution in [2.24, 2.45) is 0 Å². The van der Waals surface area contributed by atoms with Gasteiger partial charge < -0.3 is 15.1 Å². The monoisotopic (exact) mass is 348 g/mol. The molecule has 134 valence electrons. The van der Waals surface area contributed by atoms with Crippen molar-refractivity contribution in [3.63, 3.8) is 0 Å². The molecule has 0 aliphatic carbocycles. The Morgan fingerprint density at radius 1 is 0.962 bits per heavy atom. The Bertz CT molecular complexity index is 872. The first-order valence-corrected chi connectivity index (χ1v) is 9.35. The minimum atomic E-state index is 0.180. The van der Waals surface area contributed by atoms with Gasteiger partial charge in [0.2, 0.25) is 5.95 Å². The SMILES string of the molecule is C[C@@H](Nc1nc(N2CC[NH+](C)CC2)nc2ccccc12)c1ccccc1. The molecule has 2 N–H and O–H groups in total. The number of piperazine rings is 1. The Kier molecular flexibility index (Phi) is 4.71. The van der Waals surface area contributed by atoms with Crippen LogP contribution in [0, 0.1) is 0 Å². The van der Waals surface area contributed by atoms with Crippen molar-refractivity contribution in [2.75, 3.05) is 43.4 Å². The molecule has 5 nitrogen and oxygen atoms in total. The fraction of sp³-hybridized carbons (Fsp3) is 0.333. The van der Waals surface area contributed by atoms with Gasteiger partial charge in [-0.25, -0.2) is 4.98 Å². The minimum absolute atomic E-state index is 0.180.